The number of nitrogens with one attached hydrogen (secondary N) is 1. The molecule has 0 unspecified atom stereocenters. The minimum atomic E-state index is -0.886. The number of benzene rings is 1. The van der Waals surface area contributed by atoms with E-state index >= 15 is 0 Å². The molecule has 2 aliphatic rings. The summed E-state index contributed by atoms with van der Waals surface area (Å²) < 4.78 is 15.5. The van der Waals surface area contributed by atoms with Gasteiger partial charge in [-0.25, -0.2) is 9.59 Å². The van der Waals surface area contributed by atoms with Crippen LogP contribution in [0.25, 0.3) is 5.57 Å². The number of nitrogens with zero attached hydrogens (tertiary/aromatic N) is 2. The molecule has 1 aromatic carbocycles. The van der Waals surface area contributed by atoms with E-state index in [1.54, 1.807) is 57.2 Å². The first-order valence-corrected chi connectivity index (χ1v) is 12.1. The van der Waals surface area contributed by atoms with E-state index in [-0.39, 0.29) is 17.4 Å². The first-order valence-electron chi connectivity index (χ1n) is 12.1. The second-order valence-electron chi connectivity index (χ2n) is 10.1. The molecule has 1 saturated heterocycles. The lowest BCUT2D eigenvalue weighted by atomic mass is 9.82. The number of aliphatic hydroxyl groups is 1. The van der Waals surface area contributed by atoms with Gasteiger partial charge in [-0.2, -0.15) is 0 Å². The van der Waals surface area contributed by atoms with Crippen LogP contribution in [0.4, 0.5) is 10.5 Å². The Morgan fingerprint density at radius 3 is 2.37 bits per heavy atom. The number of hydrogen-bond donors (Lipinski definition) is 2. The Hall–Kier alpha value is -4.25. The zero-order valence-corrected chi connectivity index (χ0v) is 21.5. The van der Waals surface area contributed by atoms with Gasteiger partial charge in [-0.05, 0) is 69.5 Å². The number of aromatic nitrogens is 1. The van der Waals surface area contributed by atoms with Gasteiger partial charge < -0.3 is 24.2 Å². The molecule has 2 aromatic rings. The van der Waals surface area contributed by atoms with E-state index in [1.807, 2.05) is 0 Å². The minimum Gasteiger partial charge on any atom is -0.427 e. The van der Waals surface area contributed by atoms with Crippen LogP contribution in [0.2, 0.25) is 0 Å². The summed E-state index contributed by atoms with van der Waals surface area (Å²) in [5.41, 5.74) is 0.930. The molecule has 0 spiro atoms. The molecule has 2 N–H and O–H groups in total. The first-order chi connectivity index (χ1) is 18.0. The lowest BCUT2D eigenvalue weighted by Gasteiger charge is -2.44. The van der Waals surface area contributed by atoms with E-state index in [2.05, 4.69) is 10.3 Å². The molecule has 2 aliphatic heterocycles. The van der Waals surface area contributed by atoms with Crippen LogP contribution in [0.5, 0.6) is 5.75 Å². The fraction of sp³-hybridized carbons (Fsp3) is 0.370. The summed E-state index contributed by atoms with van der Waals surface area (Å²) in [5, 5.41) is 12.7. The molecule has 0 saturated carbocycles. The lowest BCUT2D eigenvalue weighted by molar-refractivity contribution is -0.175. The van der Waals surface area contributed by atoms with Crippen LogP contribution in [0.1, 0.15) is 39.7 Å². The van der Waals surface area contributed by atoms with Crippen molar-refractivity contribution >= 4 is 35.2 Å². The van der Waals surface area contributed by atoms with Crippen molar-refractivity contribution in [2.75, 3.05) is 12.1 Å². The van der Waals surface area contributed by atoms with Gasteiger partial charge in [0.15, 0.2) is 0 Å². The number of pyridine rings is 1. The molecule has 0 aliphatic carbocycles. The Labute approximate surface area is 219 Å². The van der Waals surface area contributed by atoms with Crippen molar-refractivity contribution in [3.8, 4) is 5.75 Å². The number of anilines is 1. The van der Waals surface area contributed by atoms with Crippen molar-refractivity contribution < 1.29 is 38.5 Å². The van der Waals surface area contributed by atoms with Gasteiger partial charge in [-0.1, -0.05) is 12.1 Å². The Balaban J connectivity index is 1.51. The summed E-state index contributed by atoms with van der Waals surface area (Å²) in [6.45, 7) is 5.95. The highest BCUT2D eigenvalue weighted by Gasteiger charge is 2.57. The number of esters is 2. The Bertz CT molecular complexity index is 1270. The van der Waals surface area contributed by atoms with E-state index < -0.39 is 48.3 Å². The van der Waals surface area contributed by atoms with Crippen molar-refractivity contribution in [2.45, 2.75) is 46.3 Å². The maximum absolute atomic E-state index is 13.0. The van der Waals surface area contributed by atoms with Crippen molar-refractivity contribution in [3.63, 3.8) is 0 Å². The predicted octanol–water partition coefficient (Wildman–Crippen LogP) is 3.11. The average molecular weight is 524 g/mol. The summed E-state index contributed by atoms with van der Waals surface area (Å²) in [5.74, 6) is -2.13. The molecule has 3 atom stereocenters. The number of carbonyl (C=O) groups excluding carboxylic acids is 4. The van der Waals surface area contributed by atoms with Crippen LogP contribution in [0.3, 0.4) is 0 Å². The molecule has 3 heterocycles. The lowest BCUT2D eigenvalue weighted by Crippen LogP contribution is -2.61. The molecule has 38 heavy (non-hydrogen) atoms. The van der Waals surface area contributed by atoms with Crippen LogP contribution in [-0.2, 0) is 23.9 Å². The average Bonchev–Trinajstić information content (AvgIpc) is 3.19. The van der Waals surface area contributed by atoms with E-state index in [4.69, 9.17) is 14.2 Å². The largest absolute Gasteiger partial charge is 0.427 e. The van der Waals surface area contributed by atoms with E-state index in [1.165, 1.54) is 24.2 Å². The van der Waals surface area contributed by atoms with Crippen molar-refractivity contribution in [1.29, 1.82) is 0 Å². The molecule has 4 rings (SSSR count). The van der Waals surface area contributed by atoms with Gasteiger partial charge in [0.2, 0.25) is 12.7 Å². The van der Waals surface area contributed by atoms with Gasteiger partial charge in [0, 0.05) is 18.1 Å². The van der Waals surface area contributed by atoms with Crippen molar-refractivity contribution in [1.82, 2.24) is 9.88 Å². The van der Waals surface area contributed by atoms with Gasteiger partial charge in [0.25, 0.3) is 0 Å². The van der Waals surface area contributed by atoms with Gasteiger partial charge in [0.1, 0.15) is 11.4 Å². The molecule has 11 nitrogen and oxygen atoms in total. The number of hydrogen-bond acceptors (Lipinski definition) is 9. The number of rotatable bonds is 7. The summed E-state index contributed by atoms with van der Waals surface area (Å²) in [6.07, 6.45) is 1.81. The molecule has 11 heteroatoms. The quantitative estimate of drug-likeness (QED) is 0.318. The van der Waals surface area contributed by atoms with Gasteiger partial charge in [0.05, 0.1) is 23.5 Å². The minimum absolute atomic E-state index is 0.0350. The molecule has 200 valence electrons. The third-order valence-corrected chi connectivity index (χ3v) is 6.25. The topological polar surface area (TPSA) is 144 Å². The van der Waals surface area contributed by atoms with Crippen molar-refractivity contribution in [3.05, 3.63) is 60.1 Å². The van der Waals surface area contributed by atoms with Crippen LogP contribution < -0.4 is 10.1 Å². The smallest absolute Gasteiger partial charge is 0.417 e. The number of fused-ring (bicyclic) bond motifs is 1. The number of β-lactam (4-membered cyclic amide) rings is 1. The summed E-state index contributed by atoms with van der Waals surface area (Å²) >= 11 is 0. The highest BCUT2D eigenvalue weighted by molar-refractivity contribution is 6.06. The maximum atomic E-state index is 13.0. The van der Waals surface area contributed by atoms with E-state index in [0.29, 0.717) is 23.2 Å². The second kappa shape index (κ2) is 10.6. The second-order valence-corrected chi connectivity index (χ2v) is 10.1. The SMILES string of the molecule is C[C@@H](O)[C@H]1C(=O)N2C(C(=O)OCOC(=O)C(C)(C)C)=C(c3ccc(OC(=O)Nc4ccncc4)cc3)C[C@H]12. The first kappa shape index (κ1) is 26.8. The summed E-state index contributed by atoms with van der Waals surface area (Å²) in [4.78, 5) is 55.2. The van der Waals surface area contributed by atoms with Crippen molar-refractivity contribution in [2.24, 2.45) is 11.3 Å². The van der Waals surface area contributed by atoms with Gasteiger partial charge in [-0.3, -0.25) is 19.9 Å². The molecule has 1 aromatic heterocycles. The maximum Gasteiger partial charge on any atom is 0.417 e. The molecular weight excluding hydrogens is 494 g/mol. The normalized spacial score (nSPS) is 19.3. The molecule has 2 amide bonds. The molecule has 1 fully saturated rings. The van der Waals surface area contributed by atoms with Crippen LogP contribution in [0.15, 0.2) is 54.5 Å². The standard InChI is InChI=1S/C27H29N3O8/c1-15(31)21-20-13-19(22(30(20)23(21)32)24(33)36-14-37-25(34)27(2,3)4)16-5-7-18(8-6-16)38-26(35)29-17-9-11-28-12-10-17/h5-12,15,20-21,31H,13-14H2,1-4H3,(H,28,29,35)/t15-,20-,21-/m1/s1. The highest BCUT2D eigenvalue weighted by Crippen LogP contribution is 2.47. The summed E-state index contributed by atoms with van der Waals surface area (Å²) in [7, 11) is 0. The van der Waals surface area contributed by atoms with Gasteiger partial charge in [-0.15, -0.1) is 0 Å². The zero-order valence-electron chi connectivity index (χ0n) is 21.5. The Morgan fingerprint density at radius 1 is 1.11 bits per heavy atom. The van der Waals surface area contributed by atoms with E-state index in [9.17, 15) is 24.3 Å². The number of ether oxygens (including phenoxy) is 3. The number of aliphatic hydroxyl groups excluding tert-OH is 1. The Kier molecular flexibility index (Phi) is 7.49. The van der Waals surface area contributed by atoms with Crippen LogP contribution in [0, 0.1) is 11.3 Å². The number of amides is 2. The Morgan fingerprint density at radius 2 is 1.76 bits per heavy atom. The summed E-state index contributed by atoms with van der Waals surface area (Å²) in [6, 6.07) is 9.27. The molecule has 0 radical (unpaired) electrons. The predicted molar refractivity (Wildman–Crippen MR) is 134 cm³/mol. The fourth-order valence-electron chi connectivity index (χ4n) is 4.35. The fourth-order valence-corrected chi connectivity index (χ4v) is 4.35. The van der Waals surface area contributed by atoms with E-state index in [0.717, 1.165) is 0 Å². The van der Waals surface area contributed by atoms with Gasteiger partial charge >= 0.3 is 18.0 Å². The van der Waals surface area contributed by atoms with Crippen LogP contribution in [-0.4, -0.2) is 57.9 Å². The third kappa shape index (κ3) is 5.52. The third-order valence-electron chi connectivity index (χ3n) is 6.25. The molecular formula is C27H29N3O8. The molecule has 0 bridgehead atoms. The monoisotopic (exact) mass is 523 g/mol. The number of carbonyl (C=O) groups is 4. The highest BCUT2D eigenvalue weighted by atomic mass is 16.7. The zero-order chi connectivity index (χ0) is 27.6. The van der Waals surface area contributed by atoms with Crippen LogP contribution >= 0.6 is 0 Å².